The lowest BCUT2D eigenvalue weighted by Crippen LogP contribution is -2.40. The van der Waals surface area contributed by atoms with Gasteiger partial charge in [-0.1, -0.05) is 51.1 Å². The topological polar surface area (TPSA) is 43.1 Å². The average Bonchev–Trinajstić information content (AvgIpc) is 2.36. The fourth-order valence-corrected chi connectivity index (χ4v) is 1.66. The van der Waals surface area contributed by atoms with Crippen LogP contribution in [-0.4, -0.2) is 11.8 Å². The number of nitrogens with two attached hydrogens (primary N) is 1. The molecular formula is C15H24ClNO. The lowest BCUT2D eigenvalue weighted by atomic mass is 9.80. The molecule has 0 radical (unpaired) electrons. The van der Waals surface area contributed by atoms with E-state index < -0.39 is 6.04 Å². The van der Waals surface area contributed by atoms with Crippen LogP contribution in [0.15, 0.2) is 35.4 Å². The van der Waals surface area contributed by atoms with Crippen molar-refractivity contribution in [3.05, 3.63) is 35.4 Å². The molecule has 1 atom stereocenters. The van der Waals surface area contributed by atoms with Gasteiger partial charge in [-0.3, -0.25) is 4.79 Å². The number of ketones is 1. The minimum Gasteiger partial charge on any atom is -0.321 e. The maximum Gasteiger partial charge on any atom is 0.155 e. The van der Waals surface area contributed by atoms with Gasteiger partial charge in [0.05, 0.1) is 6.04 Å². The van der Waals surface area contributed by atoms with Crippen molar-refractivity contribution >= 4 is 17.4 Å². The van der Waals surface area contributed by atoms with Crippen LogP contribution in [0.25, 0.3) is 0 Å². The van der Waals surface area contributed by atoms with Crippen LogP contribution in [0.4, 0.5) is 0 Å². The van der Waals surface area contributed by atoms with Crippen molar-refractivity contribution in [3.8, 4) is 0 Å². The smallest absolute Gasteiger partial charge is 0.155 e. The van der Waals surface area contributed by atoms with Gasteiger partial charge in [0, 0.05) is 10.4 Å². The number of carbonyl (C=O) groups is 1. The molecule has 0 aromatic rings. The molecule has 0 heterocycles. The third kappa shape index (κ3) is 5.19. The van der Waals surface area contributed by atoms with Crippen LogP contribution in [0.5, 0.6) is 0 Å². The maximum absolute atomic E-state index is 12.2. The third-order valence-corrected chi connectivity index (χ3v) is 3.50. The molecule has 0 rings (SSSR count). The number of allylic oxidation sites excluding steroid dienone is 4. The summed E-state index contributed by atoms with van der Waals surface area (Å²) in [6.45, 7) is 11.3. The molecule has 0 spiro atoms. The Morgan fingerprint density at radius 3 is 2.44 bits per heavy atom. The monoisotopic (exact) mass is 269 g/mol. The predicted molar refractivity (Wildman–Crippen MR) is 79.6 cm³/mol. The number of carbonyl (C=O) groups excluding carboxylic acids is 1. The molecule has 0 saturated carbocycles. The minimum atomic E-state index is -0.489. The van der Waals surface area contributed by atoms with Gasteiger partial charge < -0.3 is 5.73 Å². The summed E-state index contributed by atoms with van der Waals surface area (Å²) in [5.74, 6) is 0.0903. The number of halogens is 1. The fraction of sp³-hybridized carbons (Fsp3) is 0.533. The van der Waals surface area contributed by atoms with Crippen LogP contribution >= 0.6 is 11.6 Å². The molecule has 0 amide bonds. The molecule has 0 aliphatic rings. The molecule has 0 aliphatic heterocycles. The number of rotatable bonds is 7. The summed E-state index contributed by atoms with van der Waals surface area (Å²) in [7, 11) is 0. The van der Waals surface area contributed by atoms with E-state index in [0.29, 0.717) is 11.5 Å². The van der Waals surface area contributed by atoms with Gasteiger partial charge in [-0.25, -0.2) is 0 Å². The van der Waals surface area contributed by atoms with Crippen molar-refractivity contribution < 1.29 is 4.79 Å². The Bertz CT molecular complexity index is 367. The molecule has 0 bridgehead atoms. The van der Waals surface area contributed by atoms with Crippen molar-refractivity contribution in [3.63, 3.8) is 0 Å². The van der Waals surface area contributed by atoms with Crippen molar-refractivity contribution in [1.29, 1.82) is 0 Å². The molecular weight excluding hydrogens is 246 g/mol. The summed E-state index contributed by atoms with van der Waals surface area (Å²) < 4.78 is 0. The van der Waals surface area contributed by atoms with Crippen LogP contribution in [0, 0.1) is 5.41 Å². The van der Waals surface area contributed by atoms with Gasteiger partial charge in [-0.15, -0.1) is 0 Å². The second-order valence-corrected chi connectivity index (χ2v) is 5.45. The van der Waals surface area contributed by atoms with Gasteiger partial charge in [-0.2, -0.15) is 0 Å². The molecule has 102 valence electrons. The van der Waals surface area contributed by atoms with E-state index in [1.165, 1.54) is 0 Å². The summed E-state index contributed by atoms with van der Waals surface area (Å²) in [5.41, 5.74) is 6.56. The van der Waals surface area contributed by atoms with E-state index in [1.54, 1.807) is 12.2 Å². The zero-order valence-electron chi connectivity index (χ0n) is 11.8. The van der Waals surface area contributed by atoms with Crippen LogP contribution < -0.4 is 5.73 Å². The predicted octanol–water partition coefficient (Wildman–Crippen LogP) is 3.96. The number of hydrogen-bond acceptors (Lipinski definition) is 2. The number of Topliss-reactive ketones (excluding diaryl/α,β-unsaturated/α-hetero) is 1. The second-order valence-electron chi connectivity index (χ2n) is 5.01. The second kappa shape index (κ2) is 7.55. The quantitative estimate of drug-likeness (QED) is 0.711. The SMILES string of the molecule is C=C/C(Cl)=C\C(=C/C)CC(N)C(=O)C(C)(C)CC. The molecule has 0 aromatic heterocycles. The molecule has 0 saturated heterocycles. The Hall–Kier alpha value is -0.860. The Labute approximate surface area is 116 Å². The lowest BCUT2D eigenvalue weighted by Gasteiger charge is -2.25. The van der Waals surface area contributed by atoms with E-state index in [9.17, 15) is 4.79 Å². The van der Waals surface area contributed by atoms with Gasteiger partial charge in [0.15, 0.2) is 5.78 Å². The zero-order chi connectivity index (χ0) is 14.3. The van der Waals surface area contributed by atoms with Crippen LogP contribution in [0.2, 0.25) is 0 Å². The number of hydrogen-bond donors (Lipinski definition) is 1. The van der Waals surface area contributed by atoms with E-state index in [1.807, 2.05) is 33.8 Å². The molecule has 3 heteroatoms. The summed E-state index contributed by atoms with van der Waals surface area (Å²) >= 11 is 5.90. The zero-order valence-corrected chi connectivity index (χ0v) is 12.6. The van der Waals surface area contributed by atoms with E-state index in [0.717, 1.165) is 12.0 Å². The Balaban J connectivity index is 4.80. The third-order valence-electron chi connectivity index (χ3n) is 3.23. The van der Waals surface area contributed by atoms with Gasteiger partial charge >= 0.3 is 0 Å². The van der Waals surface area contributed by atoms with E-state index in [-0.39, 0.29) is 11.2 Å². The highest BCUT2D eigenvalue weighted by molar-refractivity contribution is 6.31. The van der Waals surface area contributed by atoms with Crippen LogP contribution in [-0.2, 0) is 4.79 Å². The largest absolute Gasteiger partial charge is 0.321 e. The van der Waals surface area contributed by atoms with Crippen LogP contribution in [0.1, 0.15) is 40.5 Å². The first-order chi connectivity index (χ1) is 8.28. The van der Waals surface area contributed by atoms with Gasteiger partial charge in [0.2, 0.25) is 0 Å². The minimum absolute atomic E-state index is 0.0903. The Morgan fingerprint density at radius 2 is 2.06 bits per heavy atom. The highest BCUT2D eigenvalue weighted by Crippen LogP contribution is 2.24. The van der Waals surface area contributed by atoms with Crippen molar-refractivity contribution in [2.45, 2.75) is 46.6 Å². The van der Waals surface area contributed by atoms with Crippen molar-refractivity contribution in [2.75, 3.05) is 0 Å². The van der Waals surface area contributed by atoms with Crippen molar-refractivity contribution in [1.82, 2.24) is 0 Å². The first-order valence-corrected chi connectivity index (χ1v) is 6.61. The lowest BCUT2D eigenvalue weighted by molar-refractivity contribution is -0.128. The first kappa shape index (κ1) is 17.1. The summed E-state index contributed by atoms with van der Waals surface area (Å²) in [6.07, 6.45) is 6.56. The average molecular weight is 270 g/mol. The summed E-state index contributed by atoms with van der Waals surface area (Å²) in [4.78, 5) is 12.2. The molecule has 0 aromatic carbocycles. The van der Waals surface area contributed by atoms with E-state index in [4.69, 9.17) is 17.3 Å². The van der Waals surface area contributed by atoms with Gasteiger partial charge in [0.25, 0.3) is 0 Å². The molecule has 0 fully saturated rings. The van der Waals surface area contributed by atoms with Crippen molar-refractivity contribution in [2.24, 2.45) is 11.1 Å². The summed E-state index contributed by atoms with van der Waals surface area (Å²) in [5, 5.41) is 0.553. The normalized spacial score (nSPS) is 15.4. The van der Waals surface area contributed by atoms with Gasteiger partial charge in [0.1, 0.15) is 0 Å². The summed E-state index contributed by atoms with van der Waals surface area (Å²) in [6, 6.07) is -0.489. The Kier molecular flexibility index (Phi) is 7.19. The molecule has 0 aliphatic carbocycles. The molecule has 18 heavy (non-hydrogen) atoms. The molecule has 1 unspecified atom stereocenters. The van der Waals surface area contributed by atoms with E-state index in [2.05, 4.69) is 6.58 Å². The van der Waals surface area contributed by atoms with Crippen LogP contribution in [0.3, 0.4) is 0 Å². The Morgan fingerprint density at radius 1 is 1.50 bits per heavy atom. The highest BCUT2D eigenvalue weighted by Gasteiger charge is 2.30. The maximum atomic E-state index is 12.2. The molecule has 2 N–H and O–H groups in total. The first-order valence-electron chi connectivity index (χ1n) is 6.23. The van der Waals surface area contributed by atoms with Gasteiger partial charge in [-0.05, 0) is 31.4 Å². The standard InChI is InChI=1S/C15H24ClNO/c1-6-11(9-12(16)7-2)10-13(17)14(18)15(4,5)8-3/h6-7,9,13H,2,8,10,17H2,1,3-5H3/b11-6+,12-9+. The molecule has 2 nitrogen and oxygen atoms in total. The fourth-order valence-electron chi connectivity index (χ4n) is 1.52. The van der Waals surface area contributed by atoms with E-state index >= 15 is 0 Å². The highest BCUT2D eigenvalue weighted by atomic mass is 35.5.